The molecule has 2 rings (SSSR count). The quantitative estimate of drug-likeness (QED) is 0.907. The van der Waals surface area contributed by atoms with E-state index in [1.165, 1.54) is 5.56 Å². The highest BCUT2D eigenvalue weighted by Crippen LogP contribution is 2.23. The number of benzene rings is 1. The Morgan fingerprint density at radius 1 is 1.38 bits per heavy atom. The van der Waals surface area contributed by atoms with Gasteiger partial charge in [0.2, 0.25) is 0 Å². The van der Waals surface area contributed by atoms with E-state index < -0.39 is 0 Å². The van der Waals surface area contributed by atoms with Crippen molar-refractivity contribution in [2.75, 3.05) is 12.8 Å². The van der Waals surface area contributed by atoms with E-state index in [2.05, 4.69) is 10.2 Å². The maximum atomic E-state index is 12.5. The molecule has 0 radical (unpaired) electrons. The van der Waals surface area contributed by atoms with Gasteiger partial charge < -0.3 is 10.6 Å². The third-order valence-electron chi connectivity index (χ3n) is 3.90. The van der Waals surface area contributed by atoms with Crippen molar-refractivity contribution in [2.45, 2.75) is 33.2 Å². The number of aromatic amines is 1. The van der Waals surface area contributed by atoms with Crippen molar-refractivity contribution in [1.82, 2.24) is 15.1 Å². The van der Waals surface area contributed by atoms with Crippen LogP contribution in [0.25, 0.3) is 0 Å². The van der Waals surface area contributed by atoms with E-state index in [-0.39, 0.29) is 11.9 Å². The van der Waals surface area contributed by atoms with Gasteiger partial charge in [-0.25, -0.2) is 0 Å². The molecule has 0 saturated heterocycles. The summed E-state index contributed by atoms with van der Waals surface area (Å²) in [5, 5.41) is 6.88. The summed E-state index contributed by atoms with van der Waals surface area (Å²) < 4.78 is 0. The Morgan fingerprint density at radius 2 is 2.00 bits per heavy atom. The number of amides is 1. The first kappa shape index (κ1) is 15.1. The summed E-state index contributed by atoms with van der Waals surface area (Å²) in [6, 6.07) is 8.12. The van der Waals surface area contributed by atoms with Gasteiger partial charge in [-0.2, -0.15) is 5.10 Å². The van der Waals surface area contributed by atoms with Gasteiger partial charge in [-0.1, -0.05) is 36.8 Å². The lowest BCUT2D eigenvalue weighted by Gasteiger charge is -2.25. The summed E-state index contributed by atoms with van der Waals surface area (Å²) in [7, 11) is 1.77. The molecule has 1 atom stereocenters. The maximum Gasteiger partial charge on any atom is 0.276 e. The largest absolute Gasteiger partial charge is 0.395 e. The van der Waals surface area contributed by atoms with E-state index in [4.69, 9.17) is 5.73 Å². The number of aromatic nitrogens is 2. The lowest BCUT2D eigenvalue weighted by Crippen LogP contribution is -2.30. The van der Waals surface area contributed by atoms with E-state index in [0.717, 1.165) is 17.7 Å². The van der Waals surface area contributed by atoms with Crippen LogP contribution in [0.5, 0.6) is 0 Å². The number of carbonyl (C=O) groups is 1. The van der Waals surface area contributed by atoms with Gasteiger partial charge in [-0.05, 0) is 25.8 Å². The second-order valence-corrected chi connectivity index (χ2v) is 5.32. The Hall–Kier alpha value is -2.30. The zero-order valence-electron chi connectivity index (χ0n) is 13.0. The zero-order chi connectivity index (χ0) is 15.6. The Bertz CT molecular complexity index is 630. The third-order valence-corrected chi connectivity index (χ3v) is 3.90. The van der Waals surface area contributed by atoms with Crippen LogP contribution in [-0.2, 0) is 6.42 Å². The Labute approximate surface area is 125 Å². The number of rotatable bonds is 4. The standard InChI is InChI=1S/C16H22N4O/c1-5-13-14(17)15(19-18-13)16(21)20(4)11(3)12-8-6-10(2)7-9-12/h6-9,11H,5,17H2,1-4H3,(H,18,19). The molecule has 0 aliphatic carbocycles. The minimum Gasteiger partial charge on any atom is -0.395 e. The molecule has 1 unspecified atom stereocenters. The van der Waals surface area contributed by atoms with Crippen LogP contribution in [0.2, 0.25) is 0 Å². The number of hydrogen-bond donors (Lipinski definition) is 2. The molecule has 0 saturated carbocycles. The number of hydrogen-bond acceptors (Lipinski definition) is 3. The first-order valence-corrected chi connectivity index (χ1v) is 7.12. The van der Waals surface area contributed by atoms with Gasteiger partial charge in [0.25, 0.3) is 5.91 Å². The lowest BCUT2D eigenvalue weighted by molar-refractivity contribution is 0.0737. The van der Waals surface area contributed by atoms with Crippen LogP contribution < -0.4 is 5.73 Å². The van der Waals surface area contributed by atoms with Crippen LogP contribution in [0.1, 0.15) is 47.2 Å². The Kier molecular flexibility index (Phi) is 4.31. The monoisotopic (exact) mass is 286 g/mol. The molecule has 1 aromatic heterocycles. The third kappa shape index (κ3) is 2.91. The predicted octanol–water partition coefficient (Wildman–Crippen LogP) is 2.70. The molecule has 21 heavy (non-hydrogen) atoms. The van der Waals surface area contributed by atoms with E-state index in [9.17, 15) is 4.79 Å². The van der Waals surface area contributed by atoms with Crippen LogP contribution in [-0.4, -0.2) is 28.1 Å². The fraction of sp³-hybridized carbons (Fsp3) is 0.375. The smallest absolute Gasteiger partial charge is 0.276 e. The normalized spacial score (nSPS) is 12.2. The first-order chi connectivity index (χ1) is 9.95. The molecule has 1 aromatic carbocycles. The molecule has 0 aliphatic rings. The summed E-state index contributed by atoms with van der Waals surface area (Å²) in [5.74, 6) is -0.170. The number of nitrogens with one attached hydrogen (secondary N) is 1. The summed E-state index contributed by atoms with van der Waals surface area (Å²) >= 11 is 0. The molecule has 112 valence electrons. The van der Waals surface area contributed by atoms with Crippen molar-refractivity contribution in [2.24, 2.45) is 0 Å². The summed E-state index contributed by atoms with van der Waals surface area (Å²) in [4.78, 5) is 14.2. The molecule has 1 heterocycles. The average Bonchev–Trinajstić information content (AvgIpc) is 2.86. The average molecular weight is 286 g/mol. The highest BCUT2D eigenvalue weighted by Gasteiger charge is 2.24. The molecular formula is C16H22N4O. The highest BCUT2D eigenvalue weighted by molar-refractivity contribution is 5.97. The molecule has 5 nitrogen and oxygen atoms in total. The Morgan fingerprint density at radius 3 is 2.52 bits per heavy atom. The van der Waals surface area contributed by atoms with Gasteiger partial charge in [0, 0.05) is 7.05 Å². The van der Waals surface area contributed by atoms with Crippen molar-refractivity contribution in [1.29, 1.82) is 0 Å². The van der Waals surface area contributed by atoms with E-state index in [1.54, 1.807) is 11.9 Å². The van der Waals surface area contributed by atoms with Crippen molar-refractivity contribution in [3.8, 4) is 0 Å². The molecule has 0 spiro atoms. The van der Waals surface area contributed by atoms with E-state index in [1.807, 2.05) is 45.0 Å². The van der Waals surface area contributed by atoms with Crippen LogP contribution in [0.15, 0.2) is 24.3 Å². The molecule has 2 aromatic rings. The number of carbonyl (C=O) groups excluding carboxylic acids is 1. The van der Waals surface area contributed by atoms with Gasteiger partial charge in [0.15, 0.2) is 5.69 Å². The zero-order valence-corrected chi connectivity index (χ0v) is 13.0. The predicted molar refractivity (Wildman–Crippen MR) is 84.1 cm³/mol. The summed E-state index contributed by atoms with van der Waals surface area (Å²) in [5.41, 5.74) is 9.80. The second-order valence-electron chi connectivity index (χ2n) is 5.32. The van der Waals surface area contributed by atoms with Crippen molar-refractivity contribution in [3.63, 3.8) is 0 Å². The van der Waals surface area contributed by atoms with E-state index in [0.29, 0.717) is 11.4 Å². The molecule has 5 heteroatoms. The van der Waals surface area contributed by atoms with Gasteiger partial charge >= 0.3 is 0 Å². The van der Waals surface area contributed by atoms with Gasteiger partial charge in [-0.15, -0.1) is 0 Å². The number of nitrogens with zero attached hydrogens (tertiary/aromatic N) is 2. The molecule has 0 fully saturated rings. The van der Waals surface area contributed by atoms with Crippen molar-refractivity contribution in [3.05, 3.63) is 46.8 Å². The van der Waals surface area contributed by atoms with Crippen LogP contribution in [0.3, 0.4) is 0 Å². The van der Waals surface area contributed by atoms with Crippen LogP contribution in [0, 0.1) is 6.92 Å². The van der Waals surface area contributed by atoms with Crippen molar-refractivity contribution >= 4 is 11.6 Å². The van der Waals surface area contributed by atoms with Crippen molar-refractivity contribution < 1.29 is 4.79 Å². The van der Waals surface area contributed by atoms with Crippen LogP contribution >= 0.6 is 0 Å². The molecular weight excluding hydrogens is 264 g/mol. The molecule has 0 aliphatic heterocycles. The maximum absolute atomic E-state index is 12.5. The fourth-order valence-electron chi connectivity index (χ4n) is 2.23. The van der Waals surface area contributed by atoms with E-state index >= 15 is 0 Å². The number of anilines is 1. The minimum absolute atomic E-state index is 0.0423. The lowest BCUT2D eigenvalue weighted by atomic mass is 10.1. The van der Waals surface area contributed by atoms with Gasteiger partial charge in [-0.3, -0.25) is 9.89 Å². The first-order valence-electron chi connectivity index (χ1n) is 7.12. The number of aryl methyl sites for hydroxylation is 2. The molecule has 0 bridgehead atoms. The summed E-state index contributed by atoms with van der Waals surface area (Å²) in [6.45, 7) is 6.00. The minimum atomic E-state index is -0.170. The second kappa shape index (κ2) is 5.99. The Balaban J connectivity index is 2.22. The number of H-pyrrole nitrogens is 1. The van der Waals surface area contributed by atoms with Gasteiger partial charge in [0.1, 0.15) is 0 Å². The molecule has 3 N–H and O–H groups in total. The topological polar surface area (TPSA) is 75.0 Å². The van der Waals surface area contributed by atoms with Gasteiger partial charge in [0.05, 0.1) is 17.4 Å². The van der Waals surface area contributed by atoms with Crippen LogP contribution in [0.4, 0.5) is 5.69 Å². The highest BCUT2D eigenvalue weighted by atomic mass is 16.2. The number of nitrogens with two attached hydrogens (primary N) is 1. The summed E-state index contributed by atoms with van der Waals surface area (Å²) in [6.07, 6.45) is 0.726. The number of nitrogen functional groups attached to an aromatic ring is 1. The SMILES string of the molecule is CCc1[nH]nc(C(=O)N(C)C(C)c2ccc(C)cc2)c1N. The molecule has 1 amide bonds. The fourth-order valence-corrected chi connectivity index (χ4v) is 2.23.